The number of nitrogens with zero attached hydrogens (tertiary/aromatic N) is 9. The SMILES string of the molecule is CN(C)C(CCN1CCCN(CCC(N(C)C)N(C)C)N1CCC(N(C)C)N(C)C)N(C)C. The van der Waals surface area contributed by atoms with Gasteiger partial charge in [-0.3, -0.25) is 29.4 Å². The molecule has 0 atom stereocenters. The molecule has 9 heteroatoms. The summed E-state index contributed by atoms with van der Waals surface area (Å²) in [6, 6.07) is 0. The minimum atomic E-state index is 0.434. The quantitative estimate of drug-likeness (QED) is 0.319. The van der Waals surface area contributed by atoms with Crippen molar-refractivity contribution in [3.8, 4) is 0 Å². The summed E-state index contributed by atoms with van der Waals surface area (Å²) in [5, 5.41) is 7.83. The molecule has 0 N–H and O–H groups in total. The Morgan fingerprint density at radius 1 is 0.455 bits per heavy atom. The maximum absolute atomic E-state index is 2.62. The second kappa shape index (κ2) is 14.9. The zero-order valence-corrected chi connectivity index (χ0v) is 24.1. The second-order valence-electron chi connectivity index (χ2n) is 10.9. The van der Waals surface area contributed by atoms with Crippen LogP contribution in [0.15, 0.2) is 0 Å². The highest BCUT2D eigenvalue weighted by atomic mass is 15.9. The van der Waals surface area contributed by atoms with Crippen molar-refractivity contribution in [3.05, 3.63) is 0 Å². The fourth-order valence-corrected chi connectivity index (χ4v) is 5.28. The van der Waals surface area contributed by atoms with Crippen LogP contribution in [0.25, 0.3) is 0 Å². The van der Waals surface area contributed by atoms with Crippen LogP contribution in [-0.4, -0.2) is 180 Å². The highest BCUT2D eigenvalue weighted by molar-refractivity contribution is 4.74. The molecular formula is C24H57N9. The van der Waals surface area contributed by atoms with Crippen molar-refractivity contribution < 1.29 is 0 Å². The maximum Gasteiger partial charge on any atom is 0.0625 e. The Morgan fingerprint density at radius 3 is 1.00 bits per heavy atom. The Labute approximate surface area is 206 Å². The molecule has 0 amide bonds. The Balaban J connectivity index is 2.97. The van der Waals surface area contributed by atoms with Gasteiger partial charge in [0.25, 0.3) is 0 Å². The summed E-state index contributed by atoms with van der Waals surface area (Å²) in [5.41, 5.74) is 0. The van der Waals surface area contributed by atoms with Gasteiger partial charge in [0, 0.05) is 32.7 Å². The molecule has 0 spiro atoms. The van der Waals surface area contributed by atoms with Gasteiger partial charge in [-0.15, -0.1) is 0 Å². The van der Waals surface area contributed by atoms with Gasteiger partial charge in [-0.05, 0) is 110 Å². The predicted molar refractivity (Wildman–Crippen MR) is 142 cm³/mol. The van der Waals surface area contributed by atoms with E-state index in [0.717, 1.165) is 52.0 Å². The van der Waals surface area contributed by atoms with Crippen LogP contribution in [0.1, 0.15) is 25.7 Å². The molecule has 1 aliphatic heterocycles. The Morgan fingerprint density at radius 2 is 0.727 bits per heavy atom. The van der Waals surface area contributed by atoms with E-state index in [-0.39, 0.29) is 0 Å². The van der Waals surface area contributed by atoms with Crippen molar-refractivity contribution >= 4 is 0 Å². The maximum atomic E-state index is 2.62. The molecule has 1 aliphatic rings. The smallest absolute Gasteiger partial charge is 0.0625 e. The largest absolute Gasteiger partial charge is 0.294 e. The zero-order chi connectivity index (χ0) is 25.3. The zero-order valence-electron chi connectivity index (χ0n) is 24.1. The van der Waals surface area contributed by atoms with Gasteiger partial charge < -0.3 is 0 Å². The predicted octanol–water partition coefficient (Wildman–Crippen LogP) is 0.644. The highest BCUT2D eigenvalue weighted by Gasteiger charge is 2.30. The lowest BCUT2D eigenvalue weighted by atomic mass is 10.2. The van der Waals surface area contributed by atoms with Crippen LogP contribution in [-0.2, 0) is 0 Å². The van der Waals surface area contributed by atoms with Gasteiger partial charge in [-0.1, -0.05) is 0 Å². The molecule has 0 aromatic carbocycles. The number of rotatable bonds is 15. The van der Waals surface area contributed by atoms with Crippen LogP contribution in [0.3, 0.4) is 0 Å². The lowest BCUT2D eigenvalue weighted by molar-refractivity contribution is -0.217. The van der Waals surface area contributed by atoms with E-state index in [0.29, 0.717) is 18.5 Å². The molecule has 0 aromatic rings. The topological polar surface area (TPSA) is 29.2 Å². The summed E-state index contributed by atoms with van der Waals surface area (Å²) in [6.45, 7) is 5.49. The number of hydrogen-bond acceptors (Lipinski definition) is 9. The van der Waals surface area contributed by atoms with Gasteiger partial charge >= 0.3 is 0 Å². The summed E-state index contributed by atoms with van der Waals surface area (Å²) in [4.78, 5) is 14.0. The van der Waals surface area contributed by atoms with E-state index in [4.69, 9.17) is 0 Å². The lowest BCUT2D eigenvalue weighted by Gasteiger charge is -2.48. The first-order valence-electron chi connectivity index (χ1n) is 12.6. The van der Waals surface area contributed by atoms with Crippen LogP contribution in [0.5, 0.6) is 0 Å². The average Bonchev–Trinajstić information content (AvgIpc) is 2.68. The van der Waals surface area contributed by atoms with E-state index in [9.17, 15) is 0 Å². The van der Waals surface area contributed by atoms with Crippen molar-refractivity contribution in [2.75, 3.05) is 117 Å². The Bertz CT molecular complexity index is 454. The van der Waals surface area contributed by atoms with Crippen LogP contribution in [0.4, 0.5) is 0 Å². The molecule has 0 unspecified atom stereocenters. The number of hydrogen-bond donors (Lipinski definition) is 0. The molecule has 33 heavy (non-hydrogen) atoms. The molecule has 9 nitrogen and oxygen atoms in total. The average molecular weight is 472 g/mol. The molecule has 0 saturated carbocycles. The summed E-state index contributed by atoms with van der Waals surface area (Å²) in [5.74, 6) is 0. The summed E-state index contributed by atoms with van der Waals surface area (Å²) >= 11 is 0. The molecule has 0 aliphatic carbocycles. The van der Waals surface area contributed by atoms with Gasteiger partial charge in [-0.2, -0.15) is 5.12 Å². The van der Waals surface area contributed by atoms with Crippen molar-refractivity contribution in [2.45, 2.75) is 44.2 Å². The molecule has 198 valence electrons. The van der Waals surface area contributed by atoms with Crippen LogP contribution in [0, 0.1) is 0 Å². The Hall–Kier alpha value is -0.360. The first kappa shape index (κ1) is 30.7. The van der Waals surface area contributed by atoms with Gasteiger partial charge in [0.15, 0.2) is 0 Å². The van der Waals surface area contributed by atoms with Crippen molar-refractivity contribution in [1.82, 2.24) is 44.5 Å². The van der Waals surface area contributed by atoms with E-state index >= 15 is 0 Å². The van der Waals surface area contributed by atoms with Gasteiger partial charge in [0.2, 0.25) is 0 Å². The van der Waals surface area contributed by atoms with Crippen LogP contribution < -0.4 is 0 Å². The molecular weight excluding hydrogens is 414 g/mol. The third kappa shape index (κ3) is 10.0. The first-order chi connectivity index (χ1) is 15.4. The minimum Gasteiger partial charge on any atom is -0.294 e. The van der Waals surface area contributed by atoms with Crippen LogP contribution in [0.2, 0.25) is 0 Å². The number of hydrazine groups is 2. The summed E-state index contributed by atoms with van der Waals surface area (Å²) in [6.07, 6.45) is 5.94. The van der Waals surface area contributed by atoms with Crippen molar-refractivity contribution in [2.24, 2.45) is 0 Å². The van der Waals surface area contributed by atoms with Crippen LogP contribution >= 0.6 is 0 Å². The molecule has 0 aromatic heterocycles. The third-order valence-corrected chi connectivity index (χ3v) is 6.94. The standard InChI is InChI=1S/C24H57N9/c1-25(2)22(26(3)4)14-19-31-17-13-18-32(20-15-23(27(5)6)28(7)8)33(31)21-16-24(29(9)10)30(11)12/h22-24H,13-21H2,1-12H3. The van der Waals surface area contributed by atoms with E-state index in [1.807, 2.05) is 0 Å². The van der Waals surface area contributed by atoms with Crippen molar-refractivity contribution in [1.29, 1.82) is 0 Å². The molecule has 1 fully saturated rings. The van der Waals surface area contributed by atoms with E-state index in [1.165, 1.54) is 6.42 Å². The minimum absolute atomic E-state index is 0.434. The van der Waals surface area contributed by atoms with Gasteiger partial charge in [0.05, 0.1) is 18.5 Å². The Kier molecular flexibility index (Phi) is 13.9. The molecule has 1 heterocycles. The monoisotopic (exact) mass is 471 g/mol. The fourth-order valence-electron chi connectivity index (χ4n) is 5.28. The summed E-state index contributed by atoms with van der Waals surface area (Å²) < 4.78 is 0. The molecule has 0 bridgehead atoms. The fraction of sp³-hybridized carbons (Fsp3) is 1.00. The second-order valence-corrected chi connectivity index (χ2v) is 10.9. The summed E-state index contributed by atoms with van der Waals surface area (Å²) in [7, 11) is 26.2. The molecule has 0 radical (unpaired) electrons. The van der Waals surface area contributed by atoms with E-state index in [2.05, 4.69) is 129 Å². The lowest BCUT2D eigenvalue weighted by Crippen LogP contribution is -2.60. The highest BCUT2D eigenvalue weighted by Crippen LogP contribution is 2.19. The molecule has 1 rings (SSSR count). The van der Waals surface area contributed by atoms with Gasteiger partial charge in [-0.25, -0.2) is 10.0 Å². The van der Waals surface area contributed by atoms with Crippen molar-refractivity contribution in [3.63, 3.8) is 0 Å². The van der Waals surface area contributed by atoms with Gasteiger partial charge in [0.1, 0.15) is 0 Å². The normalized spacial score (nSPS) is 17.7. The van der Waals surface area contributed by atoms with E-state index in [1.54, 1.807) is 0 Å². The third-order valence-electron chi connectivity index (χ3n) is 6.94. The van der Waals surface area contributed by atoms with E-state index < -0.39 is 0 Å². The first-order valence-corrected chi connectivity index (χ1v) is 12.6. The molecule has 1 saturated heterocycles.